The van der Waals surface area contributed by atoms with Gasteiger partial charge in [0.2, 0.25) is 10.0 Å². The average Bonchev–Trinajstić information content (AvgIpc) is 2.71. The molecule has 2 N–H and O–H groups in total. The van der Waals surface area contributed by atoms with Gasteiger partial charge >= 0.3 is 5.97 Å². The van der Waals surface area contributed by atoms with Crippen molar-refractivity contribution in [3.05, 3.63) is 51.5 Å². The third-order valence-corrected chi connectivity index (χ3v) is 6.96. The Labute approximate surface area is 193 Å². The summed E-state index contributed by atoms with van der Waals surface area (Å²) in [7, 11) is -2.36. The van der Waals surface area contributed by atoms with Crippen molar-refractivity contribution in [3.8, 4) is 5.75 Å². The number of anilines is 1. The number of amides is 1. The zero-order valence-corrected chi connectivity index (χ0v) is 20.2. The minimum atomic E-state index is -3.81. The van der Waals surface area contributed by atoms with E-state index in [1.165, 1.54) is 13.2 Å². The highest BCUT2D eigenvalue weighted by molar-refractivity contribution is 7.89. The van der Waals surface area contributed by atoms with Crippen LogP contribution in [0.1, 0.15) is 28.7 Å². The van der Waals surface area contributed by atoms with Crippen LogP contribution in [0.3, 0.4) is 0 Å². The van der Waals surface area contributed by atoms with Crippen molar-refractivity contribution in [2.45, 2.75) is 39.0 Å². The summed E-state index contributed by atoms with van der Waals surface area (Å²) in [4.78, 5) is 24.2. The zero-order chi connectivity index (χ0) is 24.1. The Morgan fingerprint density at radius 2 is 1.66 bits per heavy atom. The third-order valence-electron chi connectivity index (χ3n) is 4.99. The Morgan fingerprint density at radius 1 is 1.03 bits per heavy atom. The number of benzene rings is 2. The lowest BCUT2D eigenvalue weighted by atomic mass is 10.0. The molecule has 0 atom stereocenters. The van der Waals surface area contributed by atoms with Gasteiger partial charge in [0.25, 0.3) is 5.91 Å². The average molecular weight is 483 g/mol. The van der Waals surface area contributed by atoms with Gasteiger partial charge in [0.05, 0.1) is 24.1 Å². The number of halogens is 1. The summed E-state index contributed by atoms with van der Waals surface area (Å²) in [5.74, 6) is -0.892. The maximum absolute atomic E-state index is 12.8. The minimum Gasteiger partial charge on any atom is -0.495 e. The number of rotatable bonds is 9. The molecule has 0 unspecified atom stereocenters. The lowest BCUT2D eigenvalue weighted by molar-refractivity contribution is -0.147. The molecule has 32 heavy (non-hydrogen) atoms. The summed E-state index contributed by atoms with van der Waals surface area (Å²) in [6.07, 6.45) is -0.226. The molecule has 2 aromatic rings. The molecule has 0 aliphatic carbocycles. The largest absolute Gasteiger partial charge is 0.495 e. The van der Waals surface area contributed by atoms with E-state index >= 15 is 0 Å². The van der Waals surface area contributed by atoms with Crippen molar-refractivity contribution < 1.29 is 27.5 Å². The van der Waals surface area contributed by atoms with Crippen LogP contribution in [-0.2, 0) is 24.3 Å². The third kappa shape index (κ3) is 6.44. The van der Waals surface area contributed by atoms with Crippen LogP contribution < -0.4 is 14.8 Å². The summed E-state index contributed by atoms with van der Waals surface area (Å²) < 4.78 is 38.0. The van der Waals surface area contributed by atoms with E-state index in [0.29, 0.717) is 27.6 Å². The van der Waals surface area contributed by atoms with Crippen molar-refractivity contribution in [3.63, 3.8) is 0 Å². The van der Waals surface area contributed by atoms with Gasteiger partial charge in [-0.3, -0.25) is 9.59 Å². The quantitative estimate of drug-likeness (QED) is 0.530. The molecule has 2 aromatic carbocycles. The Hall–Kier alpha value is -2.62. The van der Waals surface area contributed by atoms with E-state index in [1.807, 2.05) is 19.9 Å². The molecule has 1 amide bonds. The molecule has 8 nitrogen and oxygen atoms in total. The topological polar surface area (TPSA) is 111 Å². The lowest BCUT2D eigenvalue weighted by Gasteiger charge is -2.16. The molecule has 10 heteroatoms. The summed E-state index contributed by atoms with van der Waals surface area (Å²) in [6.45, 7) is 6.51. The van der Waals surface area contributed by atoms with Gasteiger partial charge in [-0.2, -0.15) is 0 Å². The summed E-state index contributed by atoms with van der Waals surface area (Å²) >= 11 is 5.91. The molecule has 174 valence electrons. The van der Waals surface area contributed by atoms with Crippen molar-refractivity contribution in [2.75, 3.05) is 25.6 Å². The fraction of sp³-hybridized carbons (Fsp3) is 0.364. The second kappa shape index (κ2) is 10.8. The molecule has 0 spiro atoms. The van der Waals surface area contributed by atoms with Crippen LogP contribution in [0.15, 0.2) is 29.2 Å². The summed E-state index contributed by atoms with van der Waals surface area (Å²) in [5.41, 5.74) is 3.41. The highest BCUT2D eigenvalue weighted by Gasteiger charge is 2.22. The molecular formula is C22H27ClN2O6S. The molecule has 0 heterocycles. The van der Waals surface area contributed by atoms with Gasteiger partial charge in [-0.1, -0.05) is 17.7 Å². The Morgan fingerprint density at radius 3 is 2.25 bits per heavy atom. The SMILES string of the molecule is COc1ccc(Cl)cc1NC(=O)COC(=O)CCNS(=O)(=O)c1c(C)c(C)cc(C)c1C. The first-order valence-electron chi connectivity index (χ1n) is 9.82. The fourth-order valence-electron chi connectivity index (χ4n) is 3.13. The first kappa shape index (κ1) is 25.6. The van der Waals surface area contributed by atoms with Crippen molar-refractivity contribution in [2.24, 2.45) is 0 Å². The van der Waals surface area contributed by atoms with E-state index in [1.54, 1.807) is 26.0 Å². The number of carbonyl (C=O) groups excluding carboxylic acids is 2. The van der Waals surface area contributed by atoms with Gasteiger partial charge < -0.3 is 14.8 Å². The number of ether oxygens (including phenoxy) is 2. The number of esters is 1. The van der Waals surface area contributed by atoms with Crippen LogP contribution in [0.2, 0.25) is 5.02 Å². The van der Waals surface area contributed by atoms with E-state index in [9.17, 15) is 18.0 Å². The predicted molar refractivity (Wildman–Crippen MR) is 123 cm³/mol. The van der Waals surface area contributed by atoms with E-state index < -0.39 is 28.5 Å². The predicted octanol–water partition coefficient (Wildman–Crippen LogP) is 3.43. The number of sulfonamides is 1. The molecule has 0 saturated carbocycles. The molecule has 2 rings (SSSR count). The second-order valence-corrected chi connectivity index (χ2v) is 9.43. The number of methoxy groups -OCH3 is 1. The summed E-state index contributed by atoms with van der Waals surface area (Å²) in [5, 5.41) is 2.95. The first-order valence-corrected chi connectivity index (χ1v) is 11.7. The van der Waals surface area contributed by atoms with Crippen LogP contribution in [-0.4, -0.2) is 40.6 Å². The molecule has 0 fully saturated rings. The van der Waals surface area contributed by atoms with Crippen LogP contribution in [0, 0.1) is 27.7 Å². The van der Waals surface area contributed by atoms with E-state index in [4.69, 9.17) is 21.1 Å². The maximum atomic E-state index is 12.8. The van der Waals surface area contributed by atoms with Gasteiger partial charge in [0.15, 0.2) is 6.61 Å². The molecule has 0 aliphatic heterocycles. The number of carbonyl (C=O) groups is 2. The summed E-state index contributed by atoms with van der Waals surface area (Å²) in [6, 6.07) is 6.64. The van der Waals surface area contributed by atoms with E-state index in [2.05, 4.69) is 10.0 Å². The highest BCUT2D eigenvalue weighted by Crippen LogP contribution is 2.28. The molecular weight excluding hydrogens is 456 g/mol. The first-order chi connectivity index (χ1) is 15.0. The van der Waals surface area contributed by atoms with E-state index in [0.717, 1.165) is 11.1 Å². The van der Waals surface area contributed by atoms with Gasteiger partial charge in [-0.25, -0.2) is 13.1 Å². The smallest absolute Gasteiger partial charge is 0.307 e. The monoisotopic (exact) mass is 482 g/mol. The lowest BCUT2D eigenvalue weighted by Crippen LogP contribution is -2.29. The van der Waals surface area contributed by atoms with Crippen molar-refractivity contribution in [1.29, 1.82) is 0 Å². The molecule has 0 aliphatic rings. The fourth-order valence-corrected chi connectivity index (χ4v) is 4.94. The molecule has 0 radical (unpaired) electrons. The van der Waals surface area contributed by atoms with Crippen molar-refractivity contribution >= 4 is 39.2 Å². The Bertz CT molecular complexity index is 1110. The van der Waals surface area contributed by atoms with Gasteiger partial charge in [0.1, 0.15) is 5.75 Å². The van der Waals surface area contributed by atoms with Crippen LogP contribution in [0.25, 0.3) is 0 Å². The molecule has 0 bridgehead atoms. The second-order valence-electron chi connectivity index (χ2n) is 7.29. The standard InChI is InChI=1S/C22H27ClN2O6S/c1-13-10-14(2)16(4)22(15(13)3)32(28,29)24-9-8-21(27)31-12-20(26)25-18-11-17(23)6-7-19(18)30-5/h6-7,10-11,24H,8-9,12H2,1-5H3,(H,25,26). The Kier molecular flexibility index (Phi) is 8.65. The normalized spacial score (nSPS) is 11.2. The number of hydrogen-bond acceptors (Lipinski definition) is 6. The zero-order valence-electron chi connectivity index (χ0n) is 18.7. The van der Waals surface area contributed by atoms with Crippen molar-refractivity contribution in [1.82, 2.24) is 4.72 Å². The molecule has 0 saturated heterocycles. The number of hydrogen-bond donors (Lipinski definition) is 2. The van der Waals surface area contributed by atoms with Crippen LogP contribution >= 0.6 is 11.6 Å². The highest BCUT2D eigenvalue weighted by atomic mass is 35.5. The van der Waals surface area contributed by atoms with Gasteiger partial charge in [-0.15, -0.1) is 0 Å². The van der Waals surface area contributed by atoms with E-state index in [-0.39, 0.29) is 17.9 Å². The molecule has 0 aromatic heterocycles. The number of nitrogens with one attached hydrogen (secondary N) is 2. The minimum absolute atomic E-state index is 0.156. The Balaban J connectivity index is 1.89. The van der Waals surface area contributed by atoms with Crippen LogP contribution in [0.4, 0.5) is 5.69 Å². The maximum Gasteiger partial charge on any atom is 0.307 e. The van der Waals surface area contributed by atoms with Gasteiger partial charge in [-0.05, 0) is 68.1 Å². The van der Waals surface area contributed by atoms with Gasteiger partial charge in [0, 0.05) is 11.6 Å². The number of aryl methyl sites for hydroxylation is 2. The van der Waals surface area contributed by atoms with Crippen LogP contribution in [0.5, 0.6) is 5.75 Å².